The fourth-order valence-corrected chi connectivity index (χ4v) is 2.67. The molecule has 0 aliphatic rings. The number of nitrogens with zero attached hydrogens (tertiary/aromatic N) is 2. The Morgan fingerprint density at radius 1 is 1.10 bits per heavy atom. The number of benzene rings is 2. The molecular weight excluding hydrogens is 368 g/mol. The van der Waals surface area contributed by atoms with Crippen LogP contribution in [0.4, 0.5) is 0 Å². The summed E-state index contributed by atoms with van der Waals surface area (Å²) in [7, 11) is 1.72. The van der Waals surface area contributed by atoms with Crippen LogP contribution in [0.2, 0.25) is 0 Å². The normalized spacial score (nSPS) is 9.97. The van der Waals surface area contributed by atoms with Crippen LogP contribution >= 0.6 is 0 Å². The van der Waals surface area contributed by atoms with Gasteiger partial charge in [0, 0.05) is 12.6 Å². The van der Waals surface area contributed by atoms with E-state index >= 15 is 0 Å². The maximum Gasteiger partial charge on any atom is 0.270 e. The van der Waals surface area contributed by atoms with E-state index in [4.69, 9.17) is 10.5 Å². The number of para-hydroxylation sites is 1. The van der Waals surface area contributed by atoms with Crippen LogP contribution in [-0.2, 0) is 7.05 Å². The minimum absolute atomic E-state index is 0.0734. The molecule has 0 aliphatic heterocycles. The van der Waals surface area contributed by atoms with E-state index in [1.165, 1.54) is 4.68 Å². The molecule has 3 aromatic rings. The Morgan fingerprint density at radius 3 is 2.59 bits per heavy atom. The Morgan fingerprint density at radius 2 is 1.83 bits per heavy atom. The van der Waals surface area contributed by atoms with Gasteiger partial charge in [0.15, 0.2) is 0 Å². The van der Waals surface area contributed by atoms with Gasteiger partial charge < -0.3 is 15.8 Å². The second kappa shape index (κ2) is 9.24. The summed E-state index contributed by atoms with van der Waals surface area (Å²) in [6.07, 6.45) is 0. The van der Waals surface area contributed by atoms with Gasteiger partial charge in [0.1, 0.15) is 18.1 Å². The molecular formula is C22H20N4O3. The second-order valence-electron chi connectivity index (χ2n) is 6.09. The van der Waals surface area contributed by atoms with Gasteiger partial charge in [-0.15, -0.1) is 0 Å². The number of hydrogen-bond acceptors (Lipinski definition) is 4. The van der Waals surface area contributed by atoms with Crippen molar-refractivity contribution in [3.05, 3.63) is 71.9 Å². The maximum atomic E-state index is 12.4. The van der Waals surface area contributed by atoms with Gasteiger partial charge >= 0.3 is 0 Å². The van der Waals surface area contributed by atoms with Crippen molar-refractivity contribution in [1.82, 2.24) is 15.1 Å². The average Bonchev–Trinajstić information content (AvgIpc) is 3.13. The minimum atomic E-state index is -0.563. The number of hydrogen-bond donors (Lipinski definition) is 2. The standard InChI is InChI=1S/C22H20N4O3/c1-26-19(15-18(25-26)16-9-3-2-4-10-16)22(28)24-13-7-8-14-29-20-12-6-5-11-17(20)21(23)27/h2-6,9-12,15H,13-14H2,1H3,(H2,23,27)(H,24,28). The Bertz CT molecular complexity index is 1080. The van der Waals surface area contributed by atoms with Crippen molar-refractivity contribution in [2.75, 3.05) is 13.2 Å². The SMILES string of the molecule is Cn1nc(-c2ccccc2)cc1C(=O)NCC#CCOc1ccccc1C(N)=O. The molecule has 146 valence electrons. The third kappa shape index (κ3) is 5.02. The summed E-state index contributed by atoms with van der Waals surface area (Å²) in [6.45, 7) is 0.232. The van der Waals surface area contributed by atoms with Crippen molar-refractivity contribution < 1.29 is 14.3 Å². The first kappa shape index (κ1) is 19.7. The molecule has 0 radical (unpaired) electrons. The highest BCUT2D eigenvalue weighted by molar-refractivity contribution is 5.95. The van der Waals surface area contributed by atoms with E-state index in [0.29, 0.717) is 17.0 Å². The van der Waals surface area contributed by atoms with E-state index in [1.54, 1.807) is 37.4 Å². The Hall–Kier alpha value is -4.05. The van der Waals surface area contributed by atoms with Crippen molar-refractivity contribution >= 4 is 11.8 Å². The molecule has 2 amide bonds. The first-order valence-corrected chi connectivity index (χ1v) is 8.91. The lowest BCUT2D eigenvalue weighted by molar-refractivity contribution is 0.0947. The zero-order valence-corrected chi connectivity index (χ0v) is 15.9. The molecule has 3 rings (SSSR count). The molecule has 3 N–H and O–H groups in total. The number of aryl methyl sites for hydroxylation is 1. The number of nitrogens with one attached hydrogen (secondary N) is 1. The molecule has 1 heterocycles. The lowest BCUT2D eigenvalue weighted by Crippen LogP contribution is -2.25. The predicted molar refractivity (Wildman–Crippen MR) is 109 cm³/mol. The van der Waals surface area contributed by atoms with Crippen LogP contribution in [0.5, 0.6) is 5.75 Å². The molecule has 0 saturated heterocycles. The summed E-state index contributed by atoms with van der Waals surface area (Å²) in [5.41, 5.74) is 7.71. The zero-order chi connectivity index (χ0) is 20.6. The molecule has 0 fully saturated rings. The van der Waals surface area contributed by atoms with E-state index in [-0.39, 0.29) is 19.1 Å². The highest BCUT2D eigenvalue weighted by atomic mass is 16.5. The minimum Gasteiger partial charge on any atom is -0.480 e. The van der Waals surface area contributed by atoms with Crippen LogP contribution in [-0.4, -0.2) is 34.7 Å². The maximum absolute atomic E-state index is 12.4. The molecule has 0 bridgehead atoms. The smallest absolute Gasteiger partial charge is 0.270 e. The monoisotopic (exact) mass is 388 g/mol. The lowest BCUT2D eigenvalue weighted by atomic mass is 10.1. The van der Waals surface area contributed by atoms with E-state index in [2.05, 4.69) is 22.3 Å². The summed E-state index contributed by atoms with van der Waals surface area (Å²) in [5.74, 6) is 5.15. The number of nitrogens with two attached hydrogens (primary N) is 1. The van der Waals surface area contributed by atoms with E-state index in [1.807, 2.05) is 30.3 Å². The Balaban J connectivity index is 1.53. The number of carbonyl (C=O) groups is 2. The van der Waals surface area contributed by atoms with Gasteiger partial charge in [-0.3, -0.25) is 14.3 Å². The molecule has 1 aromatic heterocycles. The first-order valence-electron chi connectivity index (χ1n) is 8.91. The largest absolute Gasteiger partial charge is 0.480 e. The molecule has 0 aliphatic carbocycles. The topological polar surface area (TPSA) is 99.2 Å². The number of carbonyl (C=O) groups excluding carboxylic acids is 2. The van der Waals surface area contributed by atoms with E-state index < -0.39 is 5.91 Å². The van der Waals surface area contributed by atoms with Gasteiger partial charge in [-0.05, 0) is 18.2 Å². The number of rotatable bonds is 6. The van der Waals surface area contributed by atoms with E-state index in [9.17, 15) is 9.59 Å². The first-order chi connectivity index (χ1) is 14.1. The van der Waals surface area contributed by atoms with Crippen LogP contribution < -0.4 is 15.8 Å². The van der Waals surface area contributed by atoms with Crippen molar-refractivity contribution in [3.63, 3.8) is 0 Å². The fourth-order valence-electron chi connectivity index (χ4n) is 2.67. The van der Waals surface area contributed by atoms with Gasteiger partial charge in [0.2, 0.25) is 0 Å². The van der Waals surface area contributed by atoms with Gasteiger partial charge in [0.05, 0.1) is 17.8 Å². The Labute approximate surface area is 168 Å². The lowest BCUT2D eigenvalue weighted by Gasteiger charge is -2.05. The van der Waals surface area contributed by atoms with Crippen molar-refractivity contribution in [2.24, 2.45) is 12.8 Å². The summed E-state index contributed by atoms with van der Waals surface area (Å²) < 4.78 is 7.00. The van der Waals surface area contributed by atoms with Crippen LogP contribution in [0.1, 0.15) is 20.8 Å². The van der Waals surface area contributed by atoms with Crippen molar-refractivity contribution in [2.45, 2.75) is 0 Å². The van der Waals surface area contributed by atoms with Crippen LogP contribution in [0.25, 0.3) is 11.3 Å². The molecule has 7 heteroatoms. The quantitative estimate of drug-likeness (QED) is 0.631. The number of ether oxygens (including phenoxy) is 1. The fraction of sp³-hybridized carbons (Fsp3) is 0.136. The molecule has 0 saturated carbocycles. The van der Waals surface area contributed by atoms with Crippen molar-refractivity contribution in [1.29, 1.82) is 0 Å². The number of primary amides is 1. The highest BCUT2D eigenvalue weighted by Gasteiger charge is 2.13. The predicted octanol–water partition coefficient (Wildman–Crippen LogP) is 2.00. The summed E-state index contributed by atoms with van der Waals surface area (Å²) in [4.78, 5) is 23.7. The molecule has 2 aromatic carbocycles. The zero-order valence-electron chi connectivity index (χ0n) is 15.9. The van der Waals surface area contributed by atoms with Crippen LogP contribution in [0, 0.1) is 11.8 Å². The van der Waals surface area contributed by atoms with E-state index in [0.717, 1.165) is 11.3 Å². The number of aromatic nitrogens is 2. The molecule has 0 spiro atoms. The molecule has 7 nitrogen and oxygen atoms in total. The number of amides is 2. The third-order valence-electron chi connectivity index (χ3n) is 4.10. The summed E-state index contributed by atoms with van der Waals surface area (Å²) in [5, 5.41) is 7.11. The van der Waals surface area contributed by atoms with Gasteiger partial charge in [-0.25, -0.2) is 0 Å². The summed E-state index contributed by atoms with van der Waals surface area (Å²) in [6, 6.07) is 18.1. The Kier molecular flexibility index (Phi) is 6.28. The summed E-state index contributed by atoms with van der Waals surface area (Å²) >= 11 is 0. The highest BCUT2D eigenvalue weighted by Crippen LogP contribution is 2.18. The van der Waals surface area contributed by atoms with Crippen LogP contribution in [0.3, 0.4) is 0 Å². The molecule has 0 unspecified atom stereocenters. The molecule has 0 atom stereocenters. The average molecular weight is 388 g/mol. The second-order valence-corrected chi connectivity index (χ2v) is 6.09. The molecule has 29 heavy (non-hydrogen) atoms. The third-order valence-corrected chi connectivity index (χ3v) is 4.10. The van der Waals surface area contributed by atoms with Crippen LogP contribution in [0.15, 0.2) is 60.7 Å². The van der Waals surface area contributed by atoms with Gasteiger partial charge in [-0.2, -0.15) is 5.10 Å². The van der Waals surface area contributed by atoms with Gasteiger partial charge in [-0.1, -0.05) is 54.3 Å². The van der Waals surface area contributed by atoms with Gasteiger partial charge in [0.25, 0.3) is 11.8 Å². The van der Waals surface area contributed by atoms with Crippen molar-refractivity contribution in [3.8, 4) is 28.8 Å².